The first kappa shape index (κ1) is 9.61. The zero-order chi connectivity index (χ0) is 9.31. The van der Waals surface area contributed by atoms with E-state index >= 15 is 0 Å². The molecule has 3 heteroatoms. The quantitative estimate of drug-likeness (QED) is 0.647. The van der Waals surface area contributed by atoms with Crippen LogP contribution in [0.2, 0.25) is 9.63 Å². The maximum absolute atomic E-state index is 6.43. The third-order valence-electron chi connectivity index (χ3n) is 2.01. The molecule has 0 saturated heterocycles. The van der Waals surface area contributed by atoms with Gasteiger partial charge in [0, 0.05) is 0 Å². The normalized spacial score (nSPS) is 23.5. The molecule has 0 atom stereocenters. The molecule has 0 heterocycles. The summed E-state index contributed by atoms with van der Waals surface area (Å²) in [5.74, 6) is 0. The molecule has 0 radical (unpaired) electrons. The van der Waals surface area contributed by atoms with Gasteiger partial charge in [-0.25, -0.2) is 0 Å². The van der Waals surface area contributed by atoms with Crippen LogP contribution in [0, 0.1) is 0 Å². The Balaban J connectivity index is 2.19. The van der Waals surface area contributed by atoms with Gasteiger partial charge < -0.3 is 0 Å². The van der Waals surface area contributed by atoms with Crippen LogP contribution in [-0.4, -0.2) is 0 Å². The van der Waals surface area contributed by atoms with Crippen molar-refractivity contribution >= 4 is 20.2 Å². The van der Waals surface area contributed by atoms with Gasteiger partial charge in [0.15, 0.2) is 0 Å². The predicted molar refractivity (Wildman–Crippen MR) is 55.8 cm³/mol. The Morgan fingerprint density at radius 2 is 1.00 bits per heavy atom. The first-order chi connectivity index (χ1) is 6.21. The van der Waals surface area contributed by atoms with Gasteiger partial charge in [-0.2, -0.15) is 0 Å². The van der Waals surface area contributed by atoms with E-state index in [2.05, 4.69) is 24.3 Å². The molecule has 13 heavy (non-hydrogen) atoms. The van der Waals surface area contributed by atoms with Gasteiger partial charge in [0.05, 0.1) is 0 Å². The van der Waals surface area contributed by atoms with Gasteiger partial charge in [0.1, 0.15) is 0 Å². The van der Waals surface area contributed by atoms with Crippen molar-refractivity contribution in [1.29, 1.82) is 0 Å². The first-order valence-electron chi connectivity index (χ1n) is 4.01. The van der Waals surface area contributed by atoms with Crippen LogP contribution in [0.25, 0.3) is 0 Å². The summed E-state index contributed by atoms with van der Waals surface area (Å²) in [6.07, 6.45) is 16.4. The van der Waals surface area contributed by atoms with E-state index in [1.54, 1.807) is 0 Å². The molecule has 0 aliphatic heterocycles. The van der Waals surface area contributed by atoms with Gasteiger partial charge in [0.25, 0.3) is 0 Å². The summed E-state index contributed by atoms with van der Waals surface area (Å²) < 4.78 is 0. The molecule has 0 N–H and O–H groups in total. The fourth-order valence-electron chi connectivity index (χ4n) is 1.32. The first-order valence-corrected chi connectivity index (χ1v) is 8.32. The number of rotatable bonds is 2. The Hall–Kier alpha value is 0.0595. The summed E-state index contributed by atoms with van der Waals surface area (Å²) in [6, 6.07) is 0. The fraction of sp³-hybridized carbons (Fsp3) is 0.200. The van der Waals surface area contributed by atoms with Crippen molar-refractivity contribution in [2.45, 2.75) is 9.63 Å². The molecule has 0 fully saturated rings. The summed E-state index contributed by atoms with van der Waals surface area (Å²) in [5, 5.41) is 0. The molecule has 0 amide bonds. The molecule has 72 valence electrons. The molecule has 0 bridgehead atoms. The summed E-state index contributed by atoms with van der Waals surface area (Å²) in [6.45, 7) is 0. The van der Waals surface area contributed by atoms with Crippen LogP contribution in [0.4, 0.5) is 0 Å². The van der Waals surface area contributed by atoms with Crippen molar-refractivity contribution < 1.29 is 11.0 Å². The number of hydrogen-bond acceptors (Lipinski definition) is 0. The standard InChI is InChI=1S/2C5H5.2ClH.Fe/c2*1-2-4-5-3-1;;;/h2*1-5H;2*1H;/q;;;;+2/p-2. The topological polar surface area (TPSA) is 0 Å². The van der Waals surface area contributed by atoms with Crippen molar-refractivity contribution in [3.63, 3.8) is 0 Å². The Kier molecular flexibility index (Phi) is 2.71. The van der Waals surface area contributed by atoms with Crippen molar-refractivity contribution in [1.82, 2.24) is 0 Å². The SMILES string of the molecule is [Cl][Fe]([Cl])([CH]1C=CC=C1)[CH]1C=CC=C1. The minimum atomic E-state index is -2.09. The molecule has 0 aromatic rings. The molecule has 2 aliphatic carbocycles. The van der Waals surface area contributed by atoms with E-state index in [1.807, 2.05) is 24.3 Å². The van der Waals surface area contributed by atoms with Crippen LogP contribution in [0.5, 0.6) is 0 Å². The van der Waals surface area contributed by atoms with E-state index in [-0.39, 0.29) is 9.63 Å². The van der Waals surface area contributed by atoms with Crippen LogP contribution in [0.3, 0.4) is 0 Å². The zero-order valence-corrected chi connectivity index (χ0v) is 9.50. The van der Waals surface area contributed by atoms with Crippen molar-refractivity contribution in [2.24, 2.45) is 0 Å². The van der Waals surface area contributed by atoms with E-state index in [0.29, 0.717) is 0 Å². The molecule has 0 unspecified atom stereocenters. The van der Waals surface area contributed by atoms with E-state index in [0.717, 1.165) is 0 Å². The van der Waals surface area contributed by atoms with Crippen molar-refractivity contribution in [2.75, 3.05) is 0 Å². The second-order valence-corrected chi connectivity index (χ2v) is 10.0. The van der Waals surface area contributed by atoms with Gasteiger partial charge in [-0.3, -0.25) is 0 Å². The molecule has 2 aliphatic rings. The number of allylic oxidation sites excluding steroid dienone is 8. The van der Waals surface area contributed by atoms with Crippen LogP contribution in [0.15, 0.2) is 48.6 Å². The summed E-state index contributed by atoms with van der Waals surface area (Å²) in [7, 11) is 12.9. The van der Waals surface area contributed by atoms with Gasteiger partial charge in [-0.05, 0) is 0 Å². The summed E-state index contributed by atoms with van der Waals surface area (Å²) in [4.78, 5) is 0.487. The molecule has 0 saturated carbocycles. The van der Waals surface area contributed by atoms with E-state index < -0.39 is 11.0 Å². The second kappa shape index (κ2) is 3.67. The van der Waals surface area contributed by atoms with Crippen LogP contribution >= 0.6 is 20.2 Å². The Bertz CT molecular complexity index is 259. The van der Waals surface area contributed by atoms with E-state index in [9.17, 15) is 0 Å². The van der Waals surface area contributed by atoms with E-state index in [1.165, 1.54) is 0 Å². The van der Waals surface area contributed by atoms with Crippen LogP contribution in [0.1, 0.15) is 0 Å². The van der Waals surface area contributed by atoms with Crippen molar-refractivity contribution in [3.05, 3.63) is 48.6 Å². The zero-order valence-electron chi connectivity index (χ0n) is 6.88. The van der Waals surface area contributed by atoms with Crippen molar-refractivity contribution in [3.8, 4) is 0 Å². The fourth-order valence-corrected chi connectivity index (χ4v) is 5.13. The summed E-state index contributed by atoms with van der Waals surface area (Å²) >= 11 is -2.09. The second-order valence-electron chi connectivity index (χ2n) is 2.87. The molecule has 0 spiro atoms. The minimum absolute atomic E-state index is 0.244. The molecular formula is C10H10Cl2Fe. The van der Waals surface area contributed by atoms with Crippen LogP contribution < -0.4 is 0 Å². The molecule has 2 rings (SSSR count). The summed E-state index contributed by atoms with van der Waals surface area (Å²) in [5.41, 5.74) is 0. The molecule has 0 aromatic carbocycles. The van der Waals surface area contributed by atoms with E-state index in [4.69, 9.17) is 20.2 Å². The Morgan fingerprint density at radius 1 is 0.692 bits per heavy atom. The third kappa shape index (κ3) is 1.80. The number of hydrogen-bond donors (Lipinski definition) is 0. The average molecular weight is 257 g/mol. The Morgan fingerprint density at radius 3 is 1.31 bits per heavy atom. The predicted octanol–water partition coefficient (Wildman–Crippen LogP) is 4.28. The molecule has 0 nitrogen and oxygen atoms in total. The monoisotopic (exact) mass is 256 g/mol. The third-order valence-corrected chi connectivity index (χ3v) is 7.76. The van der Waals surface area contributed by atoms with Crippen LogP contribution in [-0.2, 0) is 11.0 Å². The maximum atomic E-state index is 6.43. The number of halogens is 2. The van der Waals surface area contributed by atoms with Gasteiger partial charge in [-0.1, -0.05) is 0 Å². The molecule has 0 aromatic heterocycles. The van der Waals surface area contributed by atoms with Gasteiger partial charge >= 0.3 is 89.5 Å². The van der Waals surface area contributed by atoms with Gasteiger partial charge in [-0.15, -0.1) is 0 Å². The Labute approximate surface area is 89.3 Å². The average Bonchev–Trinajstić information content (AvgIpc) is 2.78. The molecular weight excluding hydrogens is 247 g/mol. The van der Waals surface area contributed by atoms with Gasteiger partial charge in [0.2, 0.25) is 0 Å².